The molecule has 224 valence electrons. The Labute approximate surface area is 265 Å². The van der Waals surface area contributed by atoms with Crippen LogP contribution in [0.2, 0.25) is 0 Å². The van der Waals surface area contributed by atoms with Gasteiger partial charge >= 0.3 is 0 Å². The molecule has 8 heteroatoms. The van der Waals surface area contributed by atoms with E-state index in [0.717, 1.165) is 62.1 Å². The molecule has 8 rings (SSSR count). The molecule has 0 saturated heterocycles. The molecule has 0 bridgehead atoms. The van der Waals surface area contributed by atoms with Gasteiger partial charge in [-0.25, -0.2) is 14.4 Å². The van der Waals surface area contributed by atoms with Crippen molar-refractivity contribution >= 4 is 56.5 Å². The summed E-state index contributed by atoms with van der Waals surface area (Å²) in [7, 11) is 4.00. The fraction of sp³-hybridized carbons (Fsp3) is 0.0526. The standard InChI is InChI=1S/C38H30FN7/c1-42-23-21-40-37(42)44(28-9-5-3-6-10-28)31-17-19-35-33(25-31)34-26-32(18-20-36(34)46(35)30-15-13-27(39)14-16-30)45(29-11-7-4-8-12-29)38-41-22-24-43(38)2/h3-26H,1-2H3. The largest absolute Gasteiger partial charge is 0.320 e. The lowest BCUT2D eigenvalue weighted by Gasteiger charge is -2.24. The number of rotatable bonds is 7. The Kier molecular flexibility index (Phi) is 6.61. The van der Waals surface area contributed by atoms with Crippen LogP contribution in [0.5, 0.6) is 0 Å². The maximum absolute atomic E-state index is 14.1. The number of hydrogen-bond donors (Lipinski definition) is 0. The fourth-order valence-corrected chi connectivity index (χ4v) is 6.21. The zero-order valence-electron chi connectivity index (χ0n) is 25.4. The molecule has 0 aliphatic heterocycles. The van der Waals surface area contributed by atoms with Gasteiger partial charge in [-0.05, 0) is 84.9 Å². The van der Waals surface area contributed by atoms with Gasteiger partial charge in [-0.1, -0.05) is 36.4 Å². The summed E-state index contributed by atoms with van der Waals surface area (Å²) in [5.41, 5.74) is 6.86. The highest BCUT2D eigenvalue weighted by Gasteiger charge is 2.22. The average molecular weight is 604 g/mol. The summed E-state index contributed by atoms with van der Waals surface area (Å²) >= 11 is 0. The maximum Gasteiger partial charge on any atom is 0.214 e. The number of nitrogens with zero attached hydrogens (tertiary/aromatic N) is 7. The molecule has 5 aromatic carbocycles. The van der Waals surface area contributed by atoms with Gasteiger partial charge in [-0.3, -0.25) is 9.80 Å². The van der Waals surface area contributed by atoms with Gasteiger partial charge in [0.05, 0.1) is 11.0 Å². The van der Waals surface area contributed by atoms with Crippen LogP contribution in [0.3, 0.4) is 0 Å². The van der Waals surface area contributed by atoms with Gasteiger partial charge < -0.3 is 13.7 Å². The fourth-order valence-electron chi connectivity index (χ4n) is 6.21. The van der Waals surface area contributed by atoms with E-state index in [1.54, 1.807) is 0 Å². The quantitative estimate of drug-likeness (QED) is 0.182. The van der Waals surface area contributed by atoms with Crippen molar-refractivity contribution < 1.29 is 4.39 Å². The van der Waals surface area contributed by atoms with Gasteiger partial charge in [-0.15, -0.1) is 0 Å². The summed E-state index contributed by atoms with van der Waals surface area (Å²) in [4.78, 5) is 13.7. The summed E-state index contributed by atoms with van der Waals surface area (Å²) in [6.45, 7) is 0. The number of halogens is 1. The third-order valence-electron chi connectivity index (χ3n) is 8.35. The van der Waals surface area contributed by atoms with Gasteiger partial charge in [0.1, 0.15) is 5.82 Å². The van der Waals surface area contributed by atoms with Crippen LogP contribution in [0.15, 0.2) is 146 Å². The van der Waals surface area contributed by atoms with E-state index >= 15 is 0 Å². The van der Waals surface area contributed by atoms with Crippen LogP contribution < -0.4 is 9.80 Å². The highest BCUT2D eigenvalue weighted by atomic mass is 19.1. The molecule has 0 aliphatic rings. The molecule has 0 unspecified atom stereocenters. The van der Waals surface area contributed by atoms with Gasteiger partial charge in [0.2, 0.25) is 11.9 Å². The zero-order chi connectivity index (χ0) is 31.2. The maximum atomic E-state index is 14.1. The Bertz CT molecular complexity index is 2160. The number of benzene rings is 5. The average Bonchev–Trinajstić information content (AvgIpc) is 3.80. The summed E-state index contributed by atoms with van der Waals surface area (Å²) in [5, 5.41) is 2.11. The molecule has 46 heavy (non-hydrogen) atoms. The van der Waals surface area contributed by atoms with Crippen molar-refractivity contribution in [1.82, 2.24) is 23.7 Å². The van der Waals surface area contributed by atoms with Crippen molar-refractivity contribution in [3.63, 3.8) is 0 Å². The minimum Gasteiger partial charge on any atom is -0.320 e. The van der Waals surface area contributed by atoms with Crippen molar-refractivity contribution in [2.75, 3.05) is 9.80 Å². The molecule has 0 amide bonds. The van der Waals surface area contributed by atoms with Gasteiger partial charge in [0.25, 0.3) is 0 Å². The number of anilines is 6. The molecule has 3 heterocycles. The first-order valence-corrected chi connectivity index (χ1v) is 15.1. The number of aromatic nitrogens is 5. The van der Waals surface area contributed by atoms with E-state index in [2.05, 4.69) is 75.0 Å². The molecular weight excluding hydrogens is 573 g/mol. The van der Waals surface area contributed by atoms with E-state index in [-0.39, 0.29) is 5.82 Å². The second-order valence-corrected chi connectivity index (χ2v) is 11.2. The Hall–Kier alpha value is -6.15. The van der Waals surface area contributed by atoms with E-state index < -0.39 is 0 Å². The van der Waals surface area contributed by atoms with E-state index in [1.807, 2.05) is 96.5 Å². The van der Waals surface area contributed by atoms with Crippen molar-refractivity contribution in [1.29, 1.82) is 0 Å². The molecule has 7 nitrogen and oxygen atoms in total. The number of hydrogen-bond acceptors (Lipinski definition) is 4. The highest BCUT2D eigenvalue weighted by molar-refractivity contribution is 6.12. The predicted octanol–water partition coefficient (Wildman–Crippen LogP) is 9.33. The molecule has 0 aliphatic carbocycles. The Morgan fingerprint density at radius 1 is 0.522 bits per heavy atom. The second-order valence-electron chi connectivity index (χ2n) is 11.2. The van der Waals surface area contributed by atoms with Crippen LogP contribution in [0.4, 0.5) is 39.0 Å². The lowest BCUT2D eigenvalue weighted by atomic mass is 10.1. The number of fused-ring (bicyclic) bond motifs is 3. The second kappa shape index (κ2) is 11.1. The molecular formula is C38H30FN7. The minimum absolute atomic E-state index is 0.267. The van der Waals surface area contributed by atoms with E-state index in [0.29, 0.717) is 0 Å². The zero-order valence-corrected chi connectivity index (χ0v) is 25.4. The summed E-state index contributed by atoms with van der Waals surface area (Å²) < 4.78 is 20.3. The van der Waals surface area contributed by atoms with E-state index in [4.69, 9.17) is 9.97 Å². The molecule has 0 fully saturated rings. The molecule has 3 aromatic heterocycles. The third kappa shape index (κ3) is 4.59. The normalized spacial score (nSPS) is 11.4. The van der Waals surface area contributed by atoms with E-state index in [9.17, 15) is 4.39 Å². The summed E-state index contributed by atoms with van der Waals surface area (Å²) in [6.07, 6.45) is 7.52. The molecule has 0 saturated carbocycles. The highest BCUT2D eigenvalue weighted by Crippen LogP contribution is 2.42. The van der Waals surface area contributed by atoms with Crippen LogP contribution >= 0.6 is 0 Å². The number of para-hydroxylation sites is 2. The SMILES string of the molecule is Cn1ccnc1N(c1ccccc1)c1ccc2c(c1)c1cc(N(c3ccccc3)c3nccn3C)ccc1n2-c1ccc(F)cc1. The third-order valence-corrected chi connectivity index (χ3v) is 8.35. The first-order valence-electron chi connectivity index (χ1n) is 15.1. The topological polar surface area (TPSA) is 47.1 Å². The Balaban J connectivity index is 1.40. The van der Waals surface area contributed by atoms with Crippen LogP contribution in [-0.2, 0) is 14.1 Å². The van der Waals surface area contributed by atoms with Crippen molar-refractivity contribution in [3.05, 3.63) is 152 Å². The van der Waals surface area contributed by atoms with Crippen molar-refractivity contribution in [3.8, 4) is 5.69 Å². The predicted molar refractivity (Wildman–Crippen MR) is 184 cm³/mol. The molecule has 0 radical (unpaired) electrons. The minimum atomic E-state index is -0.267. The van der Waals surface area contributed by atoms with Crippen molar-refractivity contribution in [2.24, 2.45) is 14.1 Å². The smallest absolute Gasteiger partial charge is 0.214 e. The van der Waals surface area contributed by atoms with Crippen LogP contribution in [-0.4, -0.2) is 23.7 Å². The Morgan fingerprint density at radius 3 is 1.39 bits per heavy atom. The molecule has 0 N–H and O–H groups in total. The van der Waals surface area contributed by atoms with Crippen molar-refractivity contribution in [2.45, 2.75) is 0 Å². The van der Waals surface area contributed by atoms with Gasteiger partial charge in [-0.2, -0.15) is 0 Å². The van der Waals surface area contributed by atoms with Crippen LogP contribution in [0.25, 0.3) is 27.5 Å². The van der Waals surface area contributed by atoms with Crippen LogP contribution in [0, 0.1) is 5.82 Å². The number of imidazole rings is 2. The number of aryl methyl sites for hydroxylation is 2. The lowest BCUT2D eigenvalue weighted by molar-refractivity contribution is 0.627. The van der Waals surface area contributed by atoms with Crippen LogP contribution in [0.1, 0.15) is 0 Å². The molecule has 0 spiro atoms. The monoisotopic (exact) mass is 603 g/mol. The van der Waals surface area contributed by atoms with Gasteiger partial charge in [0.15, 0.2) is 0 Å². The first kappa shape index (κ1) is 27.4. The molecule has 0 atom stereocenters. The summed E-state index contributed by atoms with van der Waals surface area (Å²) in [5.74, 6) is 1.34. The van der Waals surface area contributed by atoms with E-state index in [1.165, 1.54) is 12.1 Å². The van der Waals surface area contributed by atoms with Gasteiger partial charge in [0, 0.05) is 78.1 Å². The lowest BCUT2D eigenvalue weighted by Crippen LogP contribution is -2.14. The summed E-state index contributed by atoms with van der Waals surface area (Å²) in [6, 6.07) is 40.1. The first-order chi connectivity index (χ1) is 22.6. The Morgan fingerprint density at radius 2 is 0.978 bits per heavy atom. The molecule has 8 aromatic rings.